The minimum atomic E-state index is -0.472. The smallest absolute Gasteiger partial charge is 0.236 e. The van der Waals surface area contributed by atoms with Gasteiger partial charge in [0, 0.05) is 19.5 Å². The van der Waals surface area contributed by atoms with Crippen molar-refractivity contribution in [3.8, 4) is 0 Å². The number of rotatable bonds is 34. The maximum atomic E-state index is 12.2. The van der Waals surface area contributed by atoms with E-state index in [-0.39, 0.29) is 11.8 Å². The van der Waals surface area contributed by atoms with E-state index in [4.69, 9.17) is 11.5 Å². The fourth-order valence-electron chi connectivity index (χ4n) is 5.13. The summed E-state index contributed by atoms with van der Waals surface area (Å²) in [6, 6.07) is -0.472. The van der Waals surface area contributed by atoms with Crippen molar-refractivity contribution in [3.63, 3.8) is 0 Å². The Morgan fingerprint density at radius 1 is 0.524 bits per heavy atom. The molecule has 2 amide bonds. The predicted molar refractivity (Wildman–Crippen MR) is 181 cm³/mol. The number of nitrogens with two attached hydrogens (primary N) is 2. The zero-order chi connectivity index (χ0) is 30.8. The van der Waals surface area contributed by atoms with E-state index >= 15 is 0 Å². The van der Waals surface area contributed by atoms with Crippen LogP contribution in [0.25, 0.3) is 0 Å². The molecule has 0 fully saturated rings. The van der Waals surface area contributed by atoms with Crippen molar-refractivity contribution in [2.75, 3.05) is 45.8 Å². The molecular formula is C34H72N6O2. The summed E-state index contributed by atoms with van der Waals surface area (Å²) in [6.45, 7) is 8.28. The largest absolute Gasteiger partial charge is 0.356 e. The van der Waals surface area contributed by atoms with Gasteiger partial charge < -0.3 is 32.7 Å². The average molecular weight is 597 g/mol. The van der Waals surface area contributed by atoms with Crippen molar-refractivity contribution in [2.45, 2.75) is 161 Å². The van der Waals surface area contributed by atoms with Crippen LogP contribution in [-0.4, -0.2) is 63.7 Å². The molecular weight excluding hydrogens is 524 g/mol. The predicted octanol–water partition coefficient (Wildman–Crippen LogP) is 5.68. The number of unbranched alkanes of at least 4 members (excludes halogenated alkanes) is 16. The third kappa shape index (κ3) is 31.7. The van der Waals surface area contributed by atoms with E-state index in [1.165, 1.54) is 83.5 Å². The van der Waals surface area contributed by atoms with Gasteiger partial charge in [0.1, 0.15) is 0 Å². The lowest BCUT2D eigenvalue weighted by atomic mass is 10.0. The van der Waals surface area contributed by atoms with E-state index in [1.54, 1.807) is 0 Å². The van der Waals surface area contributed by atoms with Gasteiger partial charge in [-0.1, -0.05) is 96.8 Å². The fraction of sp³-hybridized carbons (Fsp3) is 0.941. The van der Waals surface area contributed by atoms with Gasteiger partial charge in [0.15, 0.2) is 0 Å². The van der Waals surface area contributed by atoms with Crippen LogP contribution in [0, 0.1) is 0 Å². The highest BCUT2D eigenvalue weighted by molar-refractivity contribution is 5.81. The van der Waals surface area contributed by atoms with Crippen molar-refractivity contribution in [1.82, 2.24) is 21.3 Å². The van der Waals surface area contributed by atoms with Crippen LogP contribution in [0.15, 0.2) is 0 Å². The van der Waals surface area contributed by atoms with Crippen LogP contribution in [0.5, 0.6) is 0 Å². The number of carbonyl (C=O) groups excluding carboxylic acids is 2. The first-order valence-corrected chi connectivity index (χ1v) is 18.0. The Labute approximate surface area is 260 Å². The summed E-state index contributed by atoms with van der Waals surface area (Å²) in [7, 11) is 0. The third-order valence-electron chi connectivity index (χ3n) is 7.95. The van der Waals surface area contributed by atoms with Crippen molar-refractivity contribution in [2.24, 2.45) is 11.5 Å². The highest BCUT2D eigenvalue weighted by atomic mass is 16.2. The molecule has 0 spiro atoms. The number of hydrogen-bond donors (Lipinski definition) is 6. The van der Waals surface area contributed by atoms with E-state index in [2.05, 4.69) is 28.2 Å². The molecule has 250 valence electrons. The summed E-state index contributed by atoms with van der Waals surface area (Å²) in [6.07, 6.45) is 27.3. The summed E-state index contributed by atoms with van der Waals surface area (Å²) in [4.78, 5) is 24.2. The van der Waals surface area contributed by atoms with Gasteiger partial charge in [-0.25, -0.2) is 0 Å². The van der Waals surface area contributed by atoms with Gasteiger partial charge in [0.05, 0.1) is 6.04 Å². The van der Waals surface area contributed by atoms with Crippen molar-refractivity contribution >= 4 is 11.8 Å². The first kappa shape index (κ1) is 40.8. The number of carbonyl (C=O) groups is 2. The molecule has 0 bridgehead atoms. The summed E-state index contributed by atoms with van der Waals surface area (Å²) in [5.74, 6) is 0.0790. The van der Waals surface area contributed by atoms with Crippen LogP contribution in [0.2, 0.25) is 0 Å². The second kappa shape index (κ2) is 34.3. The molecule has 0 saturated carbocycles. The Bertz CT molecular complexity index is 578. The van der Waals surface area contributed by atoms with Crippen LogP contribution in [-0.2, 0) is 9.59 Å². The van der Waals surface area contributed by atoms with Crippen molar-refractivity contribution < 1.29 is 9.59 Å². The number of nitrogens with one attached hydrogen (secondary N) is 4. The molecule has 0 rings (SSSR count). The van der Waals surface area contributed by atoms with Gasteiger partial charge in [-0.15, -0.1) is 0 Å². The molecule has 0 saturated heterocycles. The van der Waals surface area contributed by atoms with Gasteiger partial charge in [-0.3, -0.25) is 9.59 Å². The van der Waals surface area contributed by atoms with Crippen LogP contribution < -0.4 is 32.7 Å². The summed E-state index contributed by atoms with van der Waals surface area (Å²) in [5, 5.41) is 12.8. The highest BCUT2D eigenvalue weighted by Gasteiger charge is 2.12. The normalized spacial score (nSPS) is 12.0. The molecule has 0 aromatic carbocycles. The maximum Gasteiger partial charge on any atom is 0.236 e. The lowest BCUT2D eigenvalue weighted by Gasteiger charge is -2.12. The molecule has 0 unspecified atom stereocenters. The summed E-state index contributed by atoms with van der Waals surface area (Å²) < 4.78 is 0. The molecule has 42 heavy (non-hydrogen) atoms. The second-order valence-corrected chi connectivity index (χ2v) is 12.1. The number of hydrogen-bond acceptors (Lipinski definition) is 6. The molecule has 0 heterocycles. The average Bonchev–Trinajstić information content (AvgIpc) is 2.99. The quantitative estimate of drug-likeness (QED) is 0.0530. The van der Waals surface area contributed by atoms with Gasteiger partial charge in [0.25, 0.3) is 0 Å². The Hall–Kier alpha value is -1.22. The van der Waals surface area contributed by atoms with Crippen LogP contribution in [0.1, 0.15) is 155 Å². The maximum absolute atomic E-state index is 12.2. The molecule has 0 aliphatic heterocycles. The van der Waals surface area contributed by atoms with E-state index in [1.807, 2.05) is 0 Å². The van der Waals surface area contributed by atoms with Crippen LogP contribution in [0.3, 0.4) is 0 Å². The lowest BCUT2D eigenvalue weighted by molar-refractivity contribution is -0.123. The molecule has 0 radical (unpaired) electrons. The molecule has 0 aliphatic rings. The fourth-order valence-corrected chi connectivity index (χ4v) is 5.13. The van der Waals surface area contributed by atoms with E-state index in [0.29, 0.717) is 25.9 Å². The van der Waals surface area contributed by atoms with Gasteiger partial charge >= 0.3 is 0 Å². The molecule has 8 nitrogen and oxygen atoms in total. The molecule has 8 heteroatoms. The monoisotopic (exact) mass is 597 g/mol. The first-order chi connectivity index (χ1) is 20.6. The van der Waals surface area contributed by atoms with Gasteiger partial charge in [-0.05, 0) is 84.1 Å². The minimum Gasteiger partial charge on any atom is -0.356 e. The van der Waals surface area contributed by atoms with Crippen LogP contribution in [0.4, 0.5) is 0 Å². The van der Waals surface area contributed by atoms with Gasteiger partial charge in [0.2, 0.25) is 11.8 Å². The van der Waals surface area contributed by atoms with E-state index in [0.717, 1.165) is 84.1 Å². The molecule has 8 N–H and O–H groups in total. The first-order valence-electron chi connectivity index (χ1n) is 18.0. The second-order valence-electron chi connectivity index (χ2n) is 12.1. The summed E-state index contributed by atoms with van der Waals surface area (Å²) in [5.41, 5.74) is 11.5. The minimum absolute atomic E-state index is 0.0734. The Morgan fingerprint density at radius 2 is 0.976 bits per heavy atom. The van der Waals surface area contributed by atoms with Crippen LogP contribution >= 0.6 is 0 Å². The third-order valence-corrected chi connectivity index (χ3v) is 7.95. The Kier molecular flexibility index (Phi) is 33.3. The highest BCUT2D eigenvalue weighted by Crippen LogP contribution is 2.13. The lowest BCUT2D eigenvalue weighted by Crippen LogP contribution is -2.41. The zero-order valence-electron chi connectivity index (χ0n) is 27.8. The Balaban J connectivity index is 3.37. The van der Waals surface area contributed by atoms with E-state index in [9.17, 15) is 9.59 Å². The molecule has 1 atom stereocenters. The SMILES string of the molecule is CCCCCCCCCCCCCCCCCC(=O)NCCCC[C@@H](N)C(=O)NCCCNCCCCNCCCN. The molecule has 0 aliphatic carbocycles. The molecule has 0 aromatic heterocycles. The van der Waals surface area contributed by atoms with E-state index < -0.39 is 6.04 Å². The summed E-state index contributed by atoms with van der Waals surface area (Å²) >= 11 is 0. The zero-order valence-corrected chi connectivity index (χ0v) is 27.8. The molecule has 0 aromatic rings. The van der Waals surface area contributed by atoms with Gasteiger partial charge in [-0.2, -0.15) is 0 Å². The Morgan fingerprint density at radius 3 is 1.52 bits per heavy atom. The number of amides is 2. The topological polar surface area (TPSA) is 134 Å². The van der Waals surface area contributed by atoms with Crippen molar-refractivity contribution in [3.05, 3.63) is 0 Å². The van der Waals surface area contributed by atoms with Crippen molar-refractivity contribution in [1.29, 1.82) is 0 Å². The standard InChI is InChI=1S/C34H72N6O2/c1-2-3-4-5-6-7-8-9-10-11-12-13-14-15-16-24-33(41)39-30-18-17-23-32(36)34(42)40-31-22-29-38-27-20-19-26-37-28-21-25-35/h32,37-38H,2-31,35-36H2,1H3,(H,39,41)(H,40,42)/t32-/m1/s1.